The highest BCUT2D eigenvalue weighted by molar-refractivity contribution is 8.05. The van der Waals surface area contributed by atoms with Gasteiger partial charge >= 0.3 is 0 Å². The highest BCUT2D eigenvalue weighted by Gasteiger charge is 2.26. The van der Waals surface area contributed by atoms with Gasteiger partial charge < -0.3 is 14.3 Å². The van der Waals surface area contributed by atoms with Crippen LogP contribution in [0.25, 0.3) is 60.9 Å². The Balaban J connectivity index is 1.11. The van der Waals surface area contributed by atoms with Gasteiger partial charge in [0.25, 0.3) is 0 Å². The Hall–Kier alpha value is -6.02. The van der Waals surface area contributed by atoms with Gasteiger partial charge in [-0.05, 0) is 76.5 Å². The summed E-state index contributed by atoms with van der Waals surface area (Å²) in [5.41, 5.74) is 7.91. The molecule has 1 atom stereocenters. The van der Waals surface area contributed by atoms with Crippen LogP contribution in [0.4, 0.5) is 0 Å². The third-order valence-electron chi connectivity index (χ3n) is 9.94. The van der Waals surface area contributed by atoms with Crippen LogP contribution in [0.2, 0.25) is 0 Å². The van der Waals surface area contributed by atoms with Crippen molar-refractivity contribution in [3.05, 3.63) is 174 Å². The topological polar surface area (TPSA) is 55.4 Å². The van der Waals surface area contributed by atoms with Crippen LogP contribution in [0.1, 0.15) is 11.9 Å². The van der Waals surface area contributed by atoms with Crippen LogP contribution in [0.3, 0.4) is 0 Å². The van der Waals surface area contributed by atoms with Crippen molar-refractivity contribution >= 4 is 61.8 Å². The first-order chi connectivity index (χ1) is 25.7. The van der Waals surface area contributed by atoms with Crippen molar-refractivity contribution in [2.45, 2.75) is 25.9 Å². The molecule has 0 aliphatic carbocycles. The zero-order valence-electron chi connectivity index (χ0n) is 27.7. The fourth-order valence-electron chi connectivity index (χ4n) is 7.53. The van der Waals surface area contributed by atoms with Crippen molar-refractivity contribution in [3.8, 4) is 22.6 Å². The standard InChI is InChI=1S/C45H28N4OS2/c1-3-12-28(13-4-1)41-42-44(50-43(46-42)29-14-5-2-6-15-29)48-45(47-41)49-34-22-20-30(25-33(34)40-32-16-8-7-11-27(32)19-23-35(40)49)31-21-24-38-39(26-31)52-37-18-10-9-17-36(37)51-38/h1-26,45,47H. The van der Waals surface area contributed by atoms with Crippen molar-refractivity contribution in [3.63, 3.8) is 0 Å². The number of aromatic nitrogens is 2. The Morgan fingerprint density at radius 1 is 0.538 bits per heavy atom. The van der Waals surface area contributed by atoms with E-state index in [0.29, 0.717) is 16.8 Å². The molecule has 7 aromatic carbocycles. The van der Waals surface area contributed by atoms with E-state index in [4.69, 9.17) is 14.4 Å². The third kappa shape index (κ3) is 4.74. The maximum atomic E-state index is 6.46. The Bertz CT molecular complexity index is 3010. The normalized spacial score (nSPS) is 14.8. The predicted molar refractivity (Wildman–Crippen MR) is 211 cm³/mol. The summed E-state index contributed by atoms with van der Waals surface area (Å²) in [5.74, 6) is 0.549. The molecular weight excluding hydrogens is 677 g/mol. The van der Waals surface area contributed by atoms with Crippen LogP contribution in [0, 0.1) is 0 Å². The van der Waals surface area contributed by atoms with E-state index in [2.05, 4.69) is 119 Å². The van der Waals surface area contributed by atoms with E-state index in [1.165, 1.54) is 52.3 Å². The molecule has 7 heteroatoms. The lowest BCUT2D eigenvalue weighted by Crippen LogP contribution is -2.41. The third-order valence-corrected chi connectivity index (χ3v) is 12.5. The largest absolute Gasteiger partial charge is 0.418 e. The minimum absolute atomic E-state index is 0.483. The number of fused-ring (bicyclic) bond motifs is 8. The monoisotopic (exact) mass is 704 g/mol. The molecule has 0 spiro atoms. The minimum Gasteiger partial charge on any atom is -0.418 e. The number of hydrogen-bond donors (Lipinski definition) is 1. The number of rotatable bonds is 4. The van der Waals surface area contributed by atoms with Gasteiger partial charge in [0.15, 0.2) is 5.35 Å². The number of nitrogens with one attached hydrogen (secondary N) is 1. The molecule has 2 aromatic heterocycles. The molecule has 1 unspecified atom stereocenters. The van der Waals surface area contributed by atoms with Crippen LogP contribution in [0.15, 0.2) is 187 Å². The Labute approximate surface area is 307 Å². The first-order valence-electron chi connectivity index (χ1n) is 17.3. The molecule has 2 aliphatic heterocycles. The lowest BCUT2D eigenvalue weighted by molar-refractivity contribution is 0.431. The number of hydrogen-bond acceptors (Lipinski definition) is 6. The highest BCUT2D eigenvalue weighted by Crippen LogP contribution is 2.49. The zero-order valence-corrected chi connectivity index (χ0v) is 29.3. The molecule has 4 heterocycles. The average Bonchev–Trinajstić information content (AvgIpc) is 3.79. The second-order valence-electron chi connectivity index (χ2n) is 13.0. The molecule has 0 saturated carbocycles. The van der Waals surface area contributed by atoms with Gasteiger partial charge in [0, 0.05) is 41.5 Å². The van der Waals surface area contributed by atoms with E-state index in [0.717, 1.165) is 27.9 Å². The van der Waals surface area contributed by atoms with Gasteiger partial charge in [-0.1, -0.05) is 127 Å². The van der Waals surface area contributed by atoms with Gasteiger partial charge in [-0.15, -0.1) is 0 Å². The molecule has 9 aromatic rings. The van der Waals surface area contributed by atoms with E-state index in [9.17, 15) is 0 Å². The molecular formula is C45H28N4OS2. The van der Waals surface area contributed by atoms with Crippen LogP contribution >= 0.6 is 23.5 Å². The van der Waals surface area contributed by atoms with Gasteiger partial charge in [-0.2, -0.15) is 0 Å². The van der Waals surface area contributed by atoms with Gasteiger partial charge in [0.2, 0.25) is 17.7 Å². The first kappa shape index (κ1) is 29.7. The molecule has 11 rings (SSSR count). The first-order valence-corrected chi connectivity index (χ1v) is 18.9. The van der Waals surface area contributed by atoms with Crippen LogP contribution in [-0.4, -0.2) is 9.55 Å². The summed E-state index contributed by atoms with van der Waals surface area (Å²) in [6, 6.07) is 55.8. The summed E-state index contributed by atoms with van der Waals surface area (Å²) in [4.78, 5) is 15.4. The van der Waals surface area contributed by atoms with Crippen LogP contribution in [-0.2, 0) is 0 Å². The predicted octanol–water partition coefficient (Wildman–Crippen LogP) is 10.4. The van der Waals surface area contributed by atoms with Gasteiger partial charge in [-0.3, -0.25) is 0 Å². The fraction of sp³-hybridized carbons (Fsp3) is 0.0222. The Morgan fingerprint density at radius 3 is 2.02 bits per heavy atom. The molecule has 0 saturated heterocycles. The lowest BCUT2D eigenvalue weighted by Gasteiger charge is -2.23. The highest BCUT2D eigenvalue weighted by atomic mass is 32.2. The molecule has 0 amide bonds. The molecule has 1 N–H and O–H groups in total. The maximum absolute atomic E-state index is 6.46. The fourth-order valence-corrected chi connectivity index (χ4v) is 9.78. The molecule has 52 heavy (non-hydrogen) atoms. The second kappa shape index (κ2) is 11.8. The smallest absolute Gasteiger partial charge is 0.248 e. The van der Waals surface area contributed by atoms with Crippen LogP contribution in [0.5, 0.6) is 0 Å². The quantitative estimate of drug-likeness (QED) is 0.198. The minimum atomic E-state index is -0.483. The van der Waals surface area contributed by atoms with E-state index >= 15 is 0 Å². The summed E-state index contributed by atoms with van der Waals surface area (Å²) in [7, 11) is 0. The Morgan fingerprint density at radius 2 is 1.19 bits per heavy atom. The molecule has 5 nitrogen and oxygen atoms in total. The summed E-state index contributed by atoms with van der Waals surface area (Å²) in [6.07, 6.45) is -0.483. The van der Waals surface area contributed by atoms with Crippen molar-refractivity contribution < 1.29 is 4.42 Å². The number of oxazole rings is 1. The number of benzene rings is 7. The molecule has 0 radical (unpaired) electrons. The van der Waals surface area contributed by atoms with E-state index < -0.39 is 6.29 Å². The van der Waals surface area contributed by atoms with Crippen molar-refractivity contribution in [1.82, 2.24) is 14.9 Å². The molecule has 0 fully saturated rings. The molecule has 246 valence electrons. The number of nitrogens with zero attached hydrogens (tertiary/aromatic N) is 3. The zero-order chi connectivity index (χ0) is 34.2. The second-order valence-corrected chi connectivity index (χ2v) is 15.2. The summed E-state index contributed by atoms with van der Waals surface area (Å²) < 4.78 is 8.77. The lowest BCUT2D eigenvalue weighted by atomic mass is 10.00. The molecule has 2 aliphatic rings. The van der Waals surface area contributed by atoms with Crippen molar-refractivity contribution in [2.75, 3.05) is 0 Å². The van der Waals surface area contributed by atoms with Crippen molar-refractivity contribution in [2.24, 2.45) is 4.99 Å². The SMILES string of the molecule is c1ccc(C2=c3nc(-c4ccccc4)oc3=NC(n3c4ccc(-c5ccc6c(c5)Sc5ccccc5S6)cc4c4c5ccccc5ccc43)N2)cc1. The maximum Gasteiger partial charge on any atom is 0.248 e. The van der Waals surface area contributed by atoms with Gasteiger partial charge in [0.1, 0.15) is 0 Å². The van der Waals surface area contributed by atoms with Crippen LogP contribution < -0.4 is 16.2 Å². The summed E-state index contributed by atoms with van der Waals surface area (Å²) >= 11 is 3.70. The Kier molecular flexibility index (Phi) is 6.72. The van der Waals surface area contributed by atoms with E-state index in [1.807, 2.05) is 72.1 Å². The summed E-state index contributed by atoms with van der Waals surface area (Å²) in [6.45, 7) is 0. The average molecular weight is 705 g/mol. The summed E-state index contributed by atoms with van der Waals surface area (Å²) in [5, 5.41) is 9.31. The van der Waals surface area contributed by atoms with Crippen molar-refractivity contribution in [1.29, 1.82) is 0 Å². The van der Waals surface area contributed by atoms with E-state index in [-0.39, 0.29) is 0 Å². The van der Waals surface area contributed by atoms with E-state index in [1.54, 1.807) is 0 Å². The van der Waals surface area contributed by atoms with Gasteiger partial charge in [-0.25, -0.2) is 9.98 Å². The van der Waals surface area contributed by atoms with Gasteiger partial charge in [0.05, 0.1) is 16.7 Å². The molecule has 0 bridgehead atoms.